The Balaban J connectivity index is 1.54. The molecule has 0 aliphatic carbocycles. The first-order valence-electron chi connectivity index (χ1n) is 14.3. The van der Waals surface area contributed by atoms with Crippen molar-refractivity contribution in [3.8, 4) is 11.4 Å². The molecule has 0 saturated carbocycles. The average molecular weight is 597 g/mol. The van der Waals surface area contributed by atoms with Gasteiger partial charge in [0.05, 0.1) is 6.61 Å². The number of hydrogen-bond acceptors (Lipinski definition) is 10. The van der Waals surface area contributed by atoms with E-state index in [1.807, 2.05) is 35.2 Å². The Kier molecular flexibility index (Phi) is 10.8. The number of piperidine rings is 1. The molecule has 0 radical (unpaired) electrons. The summed E-state index contributed by atoms with van der Waals surface area (Å²) >= 11 is 0. The maximum Gasteiger partial charge on any atom is 0.409 e. The van der Waals surface area contributed by atoms with E-state index in [1.165, 1.54) is 9.80 Å². The number of amides is 3. The van der Waals surface area contributed by atoms with E-state index in [2.05, 4.69) is 10.3 Å². The van der Waals surface area contributed by atoms with Crippen LogP contribution in [0.25, 0.3) is 11.4 Å². The number of piperazine rings is 1. The van der Waals surface area contributed by atoms with E-state index >= 15 is 0 Å². The molecule has 43 heavy (non-hydrogen) atoms. The molecule has 1 aromatic carbocycles. The van der Waals surface area contributed by atoms with Crippen LogP contribution in [0.5, 0.6) is 0 Å². The molecule has 2 fully saturated rings. The number of benzene rings is 1. The van der Waals surface area contributed by atoms with Gasteiger partial charge in [-0.2, -0.15) is 0 Å². The summed E-state index contributed by atoms with van der Waals surface area (Å²) < 4.78 is 10.1. The number of nitrogens with zero attached hydrogens (tertiary/aromatic N) is 5. The van der Waals surface area contributed by atoms with Crippen molar-refractivity contribution in [2.75, 3.05) is 50.8 Å². The number of carbonyl (C=O) groups is 5. The van der Waals surface area contributed by atoms with Crippen LogP contribution in [0.15, 0.2) is 36.4 Å². The van der Waals surface area contributed by atoms with Gasteiger partial charge in [0, 0.05) is 70.2 Å². The molecule has 14 nitrogen and oxygen atoms in total. The van der Waals surface area contributed by atoms with Gasteiger partial charge in [-0.15, -0.1) is 0 Å². The van der Waals surface area contributed by atoms with Crippen molar-refractivity contribution < 1.29 is 38.6 Å². The highest BCUT2D eigenvalue weighted by molar-refractivity contribution is 5.97. The topological polar surface area (TPSA) is 172 Å². The summed E-state index contributed by atoms with van der Waals surface area (Å²) in [5.74, 6) is -1.36. The number of carboxylic acid groups (broad SMARTS) is 1. The average Bonchev–Trinajstić information content (AvgIpc) is 3.03. The van der Waals surface area contributed by atoms with Gasteiger partial charge in [-0.3, -0.25) is 19.2 Å². The molecule has 14 heteroatoms. The number of aromatic nitrogens is 2. The Bertz CT molecular complexity index is 1290. The summed E-state index contributed by atoms with van der Waals surface area (Å²) in [7, 11) is 0. The number of nitrogens with one attached hydrogen (secondary N) is 1. The van der Waals surface area contributed by atoms with Gasteiger partial charge in [-0.05, 0) is 13.3 Å². The Morgan fingerprint density at radius 1 is 1.02 bits per heavy atom. The summed E-state index contributed by atoms with van der Waals surface area (Å²) in [6.07, 6.45) is 0.0971. The lowest BCUT2D eigenvalue weighted by Crippen LogP contribution is -2.56. The van der Waals surface area contributed by atoms with Gasteiger partial charge in [0.1, 0.15) is 23.7 Å². The minimum absolute atomic E-state index is 0.0235. The highest BCUT2D eigenvalue weighted by Gasteiger charge is 2.32. The lowest BCUT2D eigenvalue weighted by molar-refractivity contribution is -0.138. The normalized spacial score (nSPS) is 16.3. The van der Waals surface area contributed by atoms with Gasteiger partial charge in [0.15, 0.2) is 5.82 Å². The fourth-order valence-electron chi connectivity index (χ4n) is 5.03. The Hall–Kier alpha value is -4.75. The molecule has 0 bridgehead atoms. The van der Waals surface area contributed by atoms with Crippen molar-refractivity contribution in [3.63, 3.8) is 0 Å². The lowest BCUT2D eigenvalue weighted by atomic mass is 10.1. The first-order valence-corrected chi connectivity index (χ1v) is 14.3. The molecule has 3 amide bonds. The van der Waals surface area contributed by atoms with Gasteiger partial charge >= 0.3 is 12.1 Å². The van der Waals surface area contributed by atoms with Gasteiger partial charge in [-0.25, -0.2) is 14.8 Å². The molecule has 1 atom stereocenters. The van der Waals surface area contributed by atoms with Crippen LogP contribution < -0.4 is 10.2 Å². The van der Waals surface area contributed by atoms with Crippen LogP contribution in [-0.2, 0) is 23.9 Å². The smallest absolute Gasteiger partial charge is 0.409 e. The maximum absolute atomic E-state index is 13.6. The number of carbonyl (C=O) groups excluding carboxylic acids is 4. The third kappa shape index (κ3) is 8.40. The molecule has 2 aromatic rings. The van der Waals surface area contributed by atoms with Crippen LogP contribution in [0, 0.1) is 0 Å². The van der Waals surface area contributed by atoms with Gasteiger partial charge in [0.2, 0.25) is 5.91 Å². The molecular formula is C29H36N6O8. The molecule has 2 N–H and O–H groups in total. The predicted molar refractivity (Wildman–Crippen MR) is 153 cm³/mol. The van der Waals surface area contributed by atoms with Crippen LogP contribution in [-0.4, -0.2) is 113 Å². The third-order valence-electron chi connectivity index (χ3n) is 7.36. The van der Waals surface area contributed by atoms with E-state index in [1.54, 1.807) is 13.0 Å². The van der Waals surface area contributed by atoms with E-state index < -0.39 is 29.9 Å². The van der Waals surface area contributed by atoms with Gasteiger partial charge in [-0.1, -0.05) is 30.3 Å². The van der Waals surface area contributed by atoms with Crippen LogP contribution >= 0.6 is 0 Å². The Morgan fingerprint density at radius 2 is 1.70 bits per heavy atom. The molecule has 2 aliphatic rings. The summed E-state index contributed by atoms with van der Waals surface area (Å²) in [6.45, 7) is 4.44. The van der Waals surface area contributed by atoms with Crippen LogP contribution in [0.1, 0.15) is 43.1 Å². The second kappa shape index (κ2) is 14.9. The number of carboxylic acids is 1. The van der Waals surface area contributed by atoms with E-state index in [-0.39, 0.29) is 57.4 Å². The largest absolute Gasteiger partial charge is 0.481 e. The molecule has 4 rings (SSSR count). The molecule has 1 aromatic heterocycles. The van der Waals surface area contributed by atoms with E-state index in [0.29, 0.717) is 49.6 Å². The summed E-state index contributed by atoms with van der Waals surface area (Å²) in [5, 5.41) is 12.0. The molecule has 3 heterocycles. The summed E-state index contributed by atoms with van der Waals surface area (Å²) in [4.78, 5) is 75.4. The highest BCUT2D eigenvalue weighted by atomic mass is 16.6. The van der Waals surface area contributed by atoms with Crippen LogP contribution in [0.3, 0.4) is 0 Å². The van der Waals surface area contributed by atoms with Gasteiger partial charge in [0.25, 0.3) is 12.4 Å². The summed E-state index contributed by atoms with van der Waals surface area (Å²) in [5.41, 5.74) is 0.714. The molecule has 0 unspecified atom stereocenters. The minimum Gasteiger partial charge on any atom is -0.481 e. The fraction of sp³-hybridized carbons (Fsp3) is 0.483. The lowest BCUT2D eigenvalue weighted by Gasteiger charge is -2.36. The predicted octanol–water partition coefficient (Wildman–Crippen LogP) is 1.55. The minimum atomic E-state index is -1.12. The second-order valence-electron chi connectivity index (χ2n) is 10.2. The van der Waals surface area contributed by atoms with Crippen molar-refractivity contribution >= 4 is 36.2 Å². The molecule has 2 saturated heterocycles. The van der Waals surface area contributed by atoms with Crippen molar-refractivity contribution in [1.82, 2.24) is 25.1 Å². The molecular weight excluding hydrogens is 560 g/mol. The van der Waals surface area contributed by atoms with E-state index in [0.717, 1.165) is 0 Å². The maximum atomic E-state index is 13.6. The first kappa shape index (κ1) is 31.2. The second-order valence-corrected chi connectivity index (χ2v) is 10.2. The van der Waals surface area contributed by atoms with Crippen LogP contribution in [0.4, 0.5) is 10.6 Å². The van der Waals surface area contributed by atoms with Gasteiger partial charge < -0.3 is 34.6 Å². The number of hydrogen-bond donors (Lipinski definition) is 2. The fourth-order valence-corrected chi connectivity index (χ4v) is 5.03. The molecule has 2 aliphatic heterocycles. The number of aliphatic carboxylic acids is 1. The SMILES string of the molecule is CCOC(=O)N1CCN(C(=O)[C@H](CCC(=O)O)NC(=O)c2cc(N3CCC(OC=O)CC3)nc(-c3ccccc3)n2)CC1. The zero-order valence-corrected chi connectivity index (χ0v) is 24.0. The Labute approximate surface area is 249 Å². The van der Waals surface area contributed by atoms with Crippen molar-refractivity contribution in [2.45, 2.75) is 44.8 Å². The van der Waals surface area contributed by atoms with Crippen molar-refractivity contribution in [3.05, 3.63) is 42.1 Å². The number of anilines is 1. The van der Waals surface area contributed by atoms with E-state index in [4.69, 9.17) is 14.5 Å². The zero-order valence-electron chi connectivity index (χ0n) is 24.0. The Morgan fingerprint density at radius 3 is 2.33 bits per heavy atom. The number of rotatable bonds is 11. The quantitative estimate of drug-likeness (QED) is 0.361. The monoisotopic (exact) mass is 596 g/mol. The van der Waals surface area contributed by atoms with Crippen molar-refractivity contribution in [1.29, 1.82) is 0 Å². The van der Waals surface area contributed by atoms with E-state index in [9.17, 15) is 29.1 Å². The standard InChI is InChI=1S/C29H36N6O8/c1-2-42-29(41)35-16-14-34(15-17-35)28(40)22(8-9-25(37)38)31-27(39)23-18-24(33-12-10-21(11-13-33)43-19-36)32-26(30-23)20-6-4-3-5-7-20/h3-7,18-19,21-22H,2,8-17H2,1H3,(H,31,39)(H,37,38)/t22-/m0/s1. The first-order chi connectivity index (χ1) is 20.8. The molecule has 0 spiro atoms. The number of ether oxygens (including phenoxy) is 2. The highest BCUT2D eigenvalue weighted by Crippen LogP contribution is 2.24. The summed E-state index contributed by atoms with van der Waals surface area (Å²) in [6, 6.07) is 9.57. The third-order valence-corrected chi connectivity index (χ3v) is 7.36. The molecule has 230 valence electrons. The van der Waals surface area contributed by atoms with Crippen LogP contribution in [0.2, 0.25) is 0 Å². The zero-order chi connectivity index (χ0) is 30.8. The van der Waals surface area contributed by atoms with Crippen molar-refractivity contribution in [2.24, 2.45) is 0 Å².